The summed E-state index contributed by atoms with van der Waals surface area (Å²) in [6, 6.07) is 4.54. The Morgan fingerprint density at radius 2 is 2.10 bits per heavy atom. The van der Waals surface area contributed by atoms with E-state index in [2.05, 4.69) is 4.72 Å². The van der Waals surface area contributed by atoms with Crippen molar-refractivity contribution >= 4 is 50.6 Å². The molecule has 21 heavy (non-hydrogen) atoms. The summed E-state index contributed by atoms with van der Waals surface area (Å²) in [6.45, 7) is 0.441. The number of nitrogens with one attached hydrogen (secondary N) is 1. The zero-order valence-electron chi connectivity index (χ0n) is 11.3. The molecule has 1 aliphatic rings. The Hall–Kier alpha value is -0.340. The number of halogens is 1. The van der Waals surface area contributed by atoms with Crippen molar-refractivity contribution in [2.24, 2.45) is 11.7 Å². The smallest absolute Gasteiger partial charge is 0.242 e. The highest BCUT2D eigenvalue weighted by atomic mass is 35.5. The van der Waals surface area contributed by atoms with Gasteiger partial charge in [0.15, 0.2) is 0 Å². The summed E-state index contributed by atoms with van der Waals surface area (Å²) >= 11 is 12.8. The van der Waals surface area contributed by atoms with Crippen molar-refractivity contribution in [2.45, 2.75) is 17.7 Å². The van der Waals surface area contributed by atoms with Crippen LogP contribution in [0.4, 0.5) is 0 Å². The highest BCUT2D eigenvalue weighted by Gasteiger charge is 2.21. The van der Waals surface area contributed by atoms with Crippen molar-refractivity contribution < 1.29 is 8.42 Å². The van der Waals surface area contributed by atoms with E-state index in [0.29, 0.717) is 18.0 Å². The molecule has 4 nitrogen and oxygen atoms in total. The maximum absolute atomic E-state index is 12.4. The summed E-state index contributed by atoms with van der Waals surface area (Å²) < 4.78 is 27.4. The third-order valence-electron chi connectivity index (χ3n) is 3.41. The molecule has 0 radical (unpaired) electrons. The molecule has 0 atom stereocenters. The largest absolute Gasteiger partial charge is 0.389 e. The summed E-state index contributed by atoms with van der Waals surface area (Å²) in [6.07, 6.45) is 2.07. The minimum Gasteiger partial charge on any atom is -0.389 e. The Bertz CT molecular complexity index is 628. The predicted molar refractivity (Wildman–Crippen MR) is 92.6 cm³/mol. The van der Waals surface area contributed by atoms with Crippen LogP contribution in [0.3, 0.4) is 0 Å². The minimum absolute atomic E-state index is 0.0275. The van der Waals surface area contributed by atoms with Gasteiger partial charge in [-0.15, -0.1) is 0 Å². The molecule has 0 spiro atoms. The van der Waals surface area contributed by atoms with Crippen LogP contribution < -0.4 is 10.5 Å². The van der Waals surface area contributed by atoms with E-state index in [1.54, 1.807) is 6.07 Å². The molecule has 1 aromatic rings. The maximum Gasteiger partial charge on any atom is 0.242 e. The van der Waals surface area contributed by atoms with Crippen LogP contribution in [0.2, 0.25) is 5.02 Å². The maximum atomic E-state index is 12.4. The van der Waals surface area contributed by atoms with Gasteiger partial charge in [-0.25, -0.2) is 13.1 Å². The molecule has 3 N–H and O–H groups in total. The number of nitrogens with two attached hydrogens (primary N) is 1. The van der Waals surface area contributed by atoms with Crippen LogP contribution in [0.25, 0.3) is 0 Å². The topological polar surface area (TPSA) is 72.2 Å². The normalized spacial score (nSPS) is 16.8. The van der Waals surface area contributed by atoms with E-state index in [-0.39, 0.29) is 14.9 Å². The molecular weight excluding hydrogens is 348 g/mol. The van der Waals surface area contributed by atoms with Crippen LogP contribution in [0.5, 0.6) is 0 Å². The molecule has 1 aromatic carbocycles. The second kappa shape index (κ2) is 7.28. The fourth-order valence-electron chi connectivity index (χ4n) is 2.12. The fourth-order valence-corrected chi connectivity index (χ4v) is 5.09. The van der Waals surface area contributed by atoms with Gasteiger partial charge in [0.2, 0.25) is 10.0 Å². The van der Waals surface area contributed by atoms with Crippen molar-refractivity contribution in [1.29, 1.82) is 0 Å². The number of hydrogen-bond acceptors (Lipinski definition) is 4. The predicted octanol–water partition coefficient (Wildman–Crippen LogP) is 2.40. The van der Waals surface area contributed by atoms with Crippen LogP contribution in [0, 0.1) is 5.92 Å². The molecule has 116 valence electrons. The van der Waals surface area contributed by atoms with Crippen LogP contribution in [-0.4, -0.2) is 31.5 Å². The average molecular weight is 365 g/mol. The minimum atomic E-state index is -3.65. The number of thiocarbonyl (C=S) groups is 1. The van der Waals surface area contributed by atoms with E-state index in [1.807, 2.05) is 11.8 Å². The molecule has 1 fully saturated rings. The van der Waals surface area contributed by atoms with Gasteiger partial charge in [0.05, 0.1) is 5.02 Å². The Balaban J connectivity index is 2.14. The van der Waals surface area contributed by atoms with Crippen LogP contribution >= 0.6 is 35.6 Å². The average Bonchev–Trinajstić information content (AvgIpc) is 2.46. The van der Waals surface area contributed by atoms with Gasteiger partial charge in [0.25, 0.3) is 0 Å². The Morgan fingerprint density at radius 1 is 1.43 bits per heavy atom. The number of hydrogen-bond donors (Lipinski definition) is 2. The van der Waals surface area contributed by atoms with Gasteiger partial charge in [0, 0.05) is 12.1 Å². The molecule has 2 rings (SSSR count). The van der Waals surface area contributed by atoms with Crippen LogP contribution in [0.1, 0.15) is 18.4 Å². The second-order valence-corrected chi connectivity index (χ2v) is 8.72. The highest BCUT2D eigenvalue weighted by Crippen LogP contribution is 2.25. The fraction of sp³-hybridized carbons (Fsp3) is 0.462. The SMILES string of the molecule is NC(=S)c1ccc(Cl)c(S(=O)(=O)NCC2CCSCC2)c1. The lowest BCUT2D eigenvalue weighted by Crippen LogP contribution is -2.31. The van der Waals surface area contributed by atoms with E-state index in [4.69, 9.17) is 29.6 Å². The highest BCUT2D eigenvalue weighted by molar-refractivity contribution is 7.99. The zero-order chi connectivity index (χ0) is 15.5. The van der Waals surface area contributed by atoms with Gasteiger partial charge in [-0.2, -0.15) is 11.8 Å². The monoisotopic (exact) mass is 364 g/mol. The van der Waals surface area contributed by atoms with E-state index in [1.165, 1.54) is 12.1 Å². The molecule has 0 aliphatic carbocycles. The van der Waals surface area contributed by atoms with E-state index in [9.17, 15) is 8.42 Å². The lowest BCUT2D eigenvalue weighted by Gasteiger charge is -2.21. The second-order valence-electron chi connectivity index (χ2n) is 4.92. The van der Waals surface area contributed by atoms with Crippen LogP contribution in [0.15, 0.2) is 23.1 Å². The van der Waals surface area contributed by atoms with Crippen molar-refractivity contribution in [3.63, 3.8) is 0 Å². The molecular formula is C13H17ClN2O2S3. The summed E-state index contributed by atoms with van der Waals surface area (Å²) in [5.41, 5.74) is 6.03. The van der Waals surface area contributed by atoms with Gasteiger partial charge >= 0.3 is 0 Å². The Labute approximate surface area is 139 Å². The number of thioether (sulfide) groups is 1. The molecule has 0 bridgehead atoms. The van der Waals surface area contributed by atoms with E-state index < -0.39 is 10.0 Å². The molecule has 1 saturated heterocycles. The third kappa shape index (κ3) is 4.56. The van der Waals surface area contributed by atoms with Gasteiger partial charge in [-0.1, -0.05) is 29.9 Å². The van der Waals surface area contributed by atoms with Gasteiger partial charge in [0.1, 0.15) is 9.88 Å². The quantitative estimate of drug-likeness (QED) is 0.785. The first-order valence-corrected chi connectivity index (χ1v) is 9.99. The summed E-state index contributed by atoms with van der Waals surface area (Å²) in [7, 11) is -3.65. The molecule has 1 aliphatic heterocycles. The Kier molecular flexibility index (Phi) is 5.90. The lowest BCUT2D eigenvalue weighted by atomic mass is 10.0. The number of rotatable bonds is 5. The summed E-state index contributed by atoms with van der Waals surface area (Å²) in [5, 5.41) is 0.168. The van der Waals surface area contributed by atoms with Crippen molar-refractivity contribution in [1.82, 2.24) is 4.72 Å². The standard InChI is InChI=1S/C13H17ClN2O2S3/c14-11-2-1-10(13(15)19)7-12(11)21(17,18)16-8-9-3-5-20-6-4-9/h1-2,7,9,16H,3-6,8H2,(H2,15,19). The molecule has 0 amide bonds. The first kappa shape index (κ1) is 17.0. The van der Waals surface area contributed by atoms with E-state index in [0.717, 1.165) is 24.3 Å². The first-order valence-electron chi connectivity index (χ1n) is 6.57. The van der Waals surface area contributed by atoms with Gasteiger partial charge < -0.3 is 5.73 Å². The van der Waals surface area contributed by atoms with Gasteiger partial charge in [-0.3, -0.25) is 0 Å². The van der Waals surface area contributed by atoms with E-state index >= 15 is 0 Å². The van der Waals surface area contributed by atoms with Crippen molar-refractivity contribution in [3.8, 4) is 0 Å². The zero-order valence-corrected chi connectivity index (χ0v) is 14.5. The molecule has 0 unspecified atom stereocenters. The van der Waals surface area contributed by atoms with Crippen molar-refractivity contribution in [2.75, 3.05) is 18.1 Å². The number of benzene rings is 1. The first-order chi connectivity index (χ1) is 9.90. The molecule has 1 heterocycles. The molecule has 0 saturated carbocycles. The summed E-state index contributed by atoms with van der Waals surface area (Å²) in [5.74, 6) is 2.56. The van der Waals surface area contributed by atoms with Gasteiger partial charge in [-0.05, 0) is 42.4 Å². The molecule has 0 aromatic heterocycles. The summed E-state index contributed by atoms with van der Waals surface area (Å²) in [4.78, 5) is 0.173. The van der Waals surface area contributed by atoms with Crippen molar-refractivity contribution in [3.05, 3.63) is 28.8 Å². The van der Waals surface area contributed by atoms with Crippen LogP contribution in [-0.2, 0) is 10.0 Å². The molecule has 8 heteroatoms. The lowest BCUT2D eigenvalue weighted by molar-refractivity contribution is 0.476. The Morgan fingerprint density at radius 3 is 2.71 bits per heavy atom. The number of sulfonamides is 1. The third-order valence-corrected chi connectivity index (χ3v) is 6.60.